The summed E-state index contributed by atoms with van der Waals surface area (Å²) in [4.78, 5) is 0. The molecule has 0 saturated carbocycles. The lowest BCUT2D eigenvalue weighted by atomic mass is 9.83. The summed E-state index contributed by atoms with van der Waals surface area (Å²) >= 11 is 0. The fraction of sp³-hybridized carbons (Fsp3) is 0.941. The van der Waals surface area contributed by atoms with Crippen LogP contribution in [0.2, 0.25) is 38.3 Å². The van der Waals surface area contributed by atoms with Crippen LogP contribution in [0.15, 0.2) is 11.7 Å². The highest BCUT2D eigenvalue weighted by Gasteiger charge is 2.56. The van der Waals surface area contributed by atoms with E-state index in [9.17, 15) is 0 Å². The monoisotopic (exact) mass is 668 g/mol. The van der Waals surface area contributed by atoms with Crippen molar-refractivity contribution in [1.29, 1.82) is 0 Å². The second-order valence-corrected chi connectivity index (χ2v) is 30.8. The van der Waals surface area contributed by atoms with Gasteiger partial charge in [-0.15, -0.1) is 0 Å². The number of hydrogen-bond acceptors (Lipinski definition) is 6. The first kappa shape index (κ1) is 40.2. The summed E-state index contributed by atoms with van der Waals surface area (Å²) in [6.07, 6.45) is 1.21. The third kappa shape index (κ3) is 9.57. The molecule has 0 amide bonds. The molecular formula is C34H69BO6Si3. The van der Waals surface area contributed by atoms with Crippen LogP contribution in [-0.4, -0.2) is 69.6 Å². The second-order valence-electron chi connectivity index (χ2n) is 18.2. The lowest BCUT2D eigenvalue weighted by molar-refractivity contribution is -0.0738. The quantitative estimate of drug-likeness (QED) is 0.204. The van der Waals surface area contributed by atoms with E-state index in [0.717, 1.165) is 18.1 Å². The van der Waals surface area contributed by atoms with E-state index in [4.69, 9.17) is 27.3 Å². The molecule has 2 aliphatic heterocycles. The molecule has 0 bridgehead atoms. The molecule has 6 nitrogen and oxygen atoms in total. The fourth-order valence-electron chi connectivity index (χ4n) is 6.84. The molecular weight excluding hydrogens is 599 g/mol. The summed E-state index contributed by atoms with van der Waals surface area (Å²) in [6.45, 7) is 43.3. The van der Waals surface area contributed by atoms with Crippen LogP contribution < -0.4 is 0 Å². The predicted octanol–water partition coefficient (Wildman–Crippen LogP) is 9.88. The van der Waals surface area contributed by atoms with Crippen LogP contribution >= 0.6 is 0 Å². The fourth-order valence-corrected chi connectivity index (χ4v) is 16.6. The first-order chi connectivity index (χ1) is 19.6. The van der Waals surface area contributed by atoms with Gasteiger partial charge in [0, 0.05) is 0 Å². The van der Waals surface area contributed by atoms with E-state index in [2.05, 4.69) is 138 Å². The van der Waals surface area contributed by atoms with Gasteiger partial charge in [0.05, 0.1) is 23.9 Å². The van der Waals surface area contributed by atoms with Crippen molar-refractivity contribution in [2.24, 2.45) is 0 Å². The van der Waals surface area contributed by atoms with Crippen molar-refractivity contribution in [3.05, 3.63) is 11.7 Å². The maximum Gasteiger partial charge on any atom is 0.531 e. The minimum Gasteiger partial charge on any atom is -0.493 e. The number of rotatable bonds is 11. The summed E-state index contributed by atoms with van der Waals surface area (Å²) in [7, 11) is -5.27. The summed E-state index contributed by atoms with van der Waals surface area (Å²) in [5.41, 5.74) is -0.264. The molecule has 0 aromatic rings. The topological polar surface area (TPSA) is 55.4 Å². The van der Waals surface area contributed by atoms with E-state index < -0.39 is 44.7 Å². The van der Waals surface area contributed by atoms with Gasteiger partial charge in [-0.25, -0.2) is 0 Å². The minimum absolute atomic E-state index is 0.00907. The van der Waals surface area contributed by atoms with Gasteiger partial charge in [-0.2, -0.15) is 0 Å². The van der Waals surface area contributed by atoms with Crippen molar-refractivity contribution in [3.63, 3.8) is 0 Å². The molecule has 44 heavy (non-hydrogen) atoms. The van der Waals surface area contributed by atoms with Crippen molar-refractivity contribution < 1.29 is 27.3 Å². The SMILES string of the molecule is CC[Si](CC)(CC)O[C@@H]1C=C(B2OC(C)(C)C(C)(C)O2)O[C@H](CO[Si](C(C)(C)C)C(C)(C)C)[C@H]1O[Si](C(C)(C)C)C(C)(C)C. The van der Waals surface area contributed by atoms with Crippen molar-refractivity contribution in [2.45, 2.75) is 199 Å². The standard InChI is InChI=1S/C34H69BO6Si3/c1-20-44(21-2,22-3)39-25-23-27(35-40-33(16,17)34(18,19)41-35)37-26(24-36-42(29(4,5)6)30(7,8)9)28(25)38-43(31(10,11)12)32(13,14)15/h23,25-26,28H,20-22,24H2,1-19H3/t25-,26-,28+/m1/s1. The zero-order chi connectivity index (χ0) is 34.3. The molecule has 10 heteroatoms. The molecule has 0 aliphatic carbocycles. The van der Waals surface area contributed by atoms with Crippen LogP contribution in [0.5, 0.6) is 0 Å². The van der Waals surface area contributed by atoms with E-state index in [-0.39, 0.29) is 38.5 Å². The Morgan fingerprint density at radius 1 is 0.727 bits per heavy atom. The zero-order valence-electron chi connectivity index (χ0n) is 32.2. The summed E-state index contributed by atoms with van der Waals surface area (Å²) < 4.78 is 41.8. The molecule has 0 aromatic carbocycles. The maximum atomic E-state index is 7.40. The van der Waals surface area contributed by atoms with Crippen LogP contribution in [0, 0.1) is 0 Å². The van der Waals surface area contributed by atoms with Crippen molar-refractivity contribution in [1.82, 2.24) is 0 Å². The smallest absolute Gasteiger partial charge is 0.493 e. The normalized spacial score (nSPS) is 25.1. The Kier molecular flexibility index (Phi) is 12.7. The molecule has 2 radical (unpaired) electrons. The zero-order valence-corrected chi connectivity index (χ0v) is 35.2. The van der Waals surface area contributed by atoms with Gasteiger partial charge in [0.2, 0.25) is 18.1 Å². The van der Waals surface area contributed by atoms with Gasteiger partial charge >= 0.3 is 7.12 Å². The molecule has 0 unspecified atom stereocenters. The minimum atomic E-state index is -2.03. The number of hydrogen-bond donors (Lipinski definition) is 0. The second kappa shape index (κ2) is 13.9. The first-order valence-electron chi connectivity index (χ1n) is 17.1. The van der Waals surface area contributed by atoms with E-state index in [1.807, 2.05) is 0 Å². The molecule has 2 heterocycles. The van der Waals surface area contributed by atoms with Crippen molar-refractivity contribution >= 4 is 33.5 Å². The lowest BCUT2D eigenvalue weighted by Gasteiger charge is -2.47. The van der Waals surface area contributed by atoms with E-state index >= 15 is 0 Å². The van der Waals surface area contributed by atoms with E-state index in [1.54, 1.807) is 0 Å². The highest BCUT2D eigenvalue weighted by atomic mass is 28.4. The molecule has 2 rings (SSSR count). The maximum absolute atomic E-state index is 7.40. The van der Waals surface area contributed by atoms with Gasteiger partial charge in [0.25, 0.3) is 0 Å². The van der Waals surface area contributed by atoms with E-state index in [1.165, 1.54) is 0 Å². The largest absolute Gasteiger partial charge is 0.531 e. The Hall–Kier alpha value is 0.0556. The van der Waals surface area contributed by atoms with Crippen molar-refractivity contribution in [2.75, 3.05) is 6.61 Å². The van der Waals surface area contributed by atoms with Crippen molar-refractivity contribution in [3.8, 4) is 0 Å². The number of ether oxygens (including phenoxy) is 1. The summed E-state index contributed by atoms with van der Waals surface area (Å²) in [5, 5.41) is 0.119. The van der Waals surface area contributed by atoms with Crippen LogP contribution in [-0.2, 0) is 27.3 Å². The highest BCUT2D eigenvalue weighted by Crippen LogP contribution is 2.47. The van der Waals surface area contributed by atoms with Gasteiger partial charge in [-0.05, 0) is 72.1 Å². The van der Waals surface area contributed by atoms with Gasteiger partial charge in [0.15, 0.2) is 8.32 Å². The van der Waals surface area contributed by atoms with Gasteiger partial charge in [-0.3, -0.25) is 0 Å². The summed E-state index contributed by atoms with van der Waals surface area (Å²) in [5.74, 6) is 0. The molecule has 0 spiro atoms. The molecule has 0 N–H and O–H groups in total. The highest BCUT2D eigenvalue weighted by molar-refractivity contribution is 6.73. The molecule has 2 aliphatic rings. The average molecular weight is 669 g/mol. The Labute approximate surface area is 277 Å². The average Bonchev–Trinajstić information content (AvgIpc) is 3.05. The predicted molar refractivity (Wildman–Crippen MR) is 192 cm³/mol. The molecule has 0 aromatic heterocycles. The molecule has 256 valence electrons. The van der Waals surface area contributed by atoms with Crippen LogP contribution in [0.1, 0.15) is 132 Å². The Balaban J connectivity index is 2.71. The van der Waals surface area contributed by atoms with Gasteiger partial charge in [0.1, 0.15) is 17.9 Å². The molecule has 1 fully saturated rings. The Bertz CT molecular complexity index is 917. The summed E-state index contributed by atoms with van der Waals surface area (Å²) in [6, 6.07) is 3.17. The molecule has 3 atom stereocenters. The first-order valence-corrected chi connectivity index (χ1v) is 22.5. The Morgan fingerprint density at radius 2 is 1.14 bits per heavy atom. The third-order valence-electron chi connectivity index (χ3n) is 9.48. The van der Waals surface area contributed by atoms with Gasteiger partial charge < -0.3 is 27.3 Å². The third-order valence-corrected chi connectivity index (χ3v) is 20.5. The molecule has 1 saturated heterocycles. The van der Waals surface area contributed by atoms with E-state index in [0.29, 0.717) is 12.3 Å². The van der Waals surface area contributed by atoms with Gasteiger partial charge in [-0.1, -0.05) is 104 Å². The Morgan fingerprint density at radius 3 is 1.50 bits per heavy atom. The lowest BCUT2D eigenvalue weighted by Crippen LogP contribution is -2.57. The van der Waals surface area contributed by atoms with Crippen LogP contribution in [0.25, 0.3) is 0 Å². The van der Waals surface area contributed by atoms with Crippen LogP contribution in [0.3, 0.4) is 0 Å². The van der Waals surface area contributed by atoms with Crippen LogP contribution in [0.4, 0.5) is 0 Å².